The summed E-state index contributed by atoms with van der Waals surface area (Å²) in [6.45, 7) is 2.05. The van der Waals surface area contributed by atoms with Crippen LogP contribution in [0.15, 0.2) is 12.2 Å². The number of fused-ring (bicyclic) bond motifs is 2. The monoisotopic (exact) mass is 152 g/mol. The van der Waals surface area contributed by atoms with Gasteiger partial charge in [-0.3, -0.25) is 0 Å². The zero-order valence-electron chi connectivity index (χ0n) is 7.09. The van der Waals surface area contributed by atoms with E-state index in [1.165, 1.54) is 19.3 Å². The normalized spacial score (nSPS) is 49.3. The Morgan fingerprint density at radius 2 is 2.36 bits per heavy atom. The first-order chi connectivity index (χ1) is 5.27. The van der Waals surface area contributed by atoms with Crippen LogP contribution in [0.4, 0.5) is 0 Å². The van der Waals surface area contributed by atoms with Gasteiger partial charge in [0, 0.05) is 5.41 Å². The second kappa shape index (κ2) is 2.34. The van der Waals surface area contributed by atoms with Gasteiger partial charge in [-0.05, 0) is 38.5 Å². The number of rotatable bonds is 1. The van der Waals surface area contributed by atoms with Gasteiger partial charge in [0.15, 0.2) is 0 Å². The van der Waals surface area contributed by atoms with Crippen molar-refractivity contribution >= 4 is 0 Å². The molecular formula is C10H16O. The molecule has 0 aliphatic heterocycles. The average Bonchev–Trinajstić information content (AvgIpc) is 2.45. The van der Waals surface area contributed by atoms with Gasteiger partial charge in [-0.15, -0.1) is 0 Å². The van der Waals surface area contributed by atoms with Crippen molar-refractivity contribution in [2.75, 3.05) is 0 Å². The number of hydrogen-bond acceptors (Lipinski definition) is 1. The lowest BCUT2D eigenvalue weighted by Gasteiger charge is -2.27. The van der Waals surface area contributed by atoms with Gasteiger partial charge in [0.1, 0.15) is 0 Å². The van der Waals surface area contributed by atoms with E-state index < -0.39 is 0 Å². The van der Waals surface area contributed by atoms with Gasteiger partial charge in [-0.2, -0.15) is 0 Å². The number of hydrogen-bond donors (Lipinski definition) is 1. The quantitative estimate of drug-likeness (QED) is 0.570. The van der Waals surface area contributed by atoms with Crippen LogP contribution < -0.4 is 0 Å². The van der Waals surface area contributed by atoms with Crippen molar-refractivity contribution < 1.29 is 5.11 Å². The summed E-state index contributed by atoms with van der Waals surface area (Å²) in [6.07, 6.45) is 9.10. The van der Waals surface area contributed by atoms with Gasteiger partial charge in [-0.25, -0.2) is 0 Å². The molecule has 0 aromatic carbocycles. The van der Waals surface area contributed by atoms with Crippen LogP contribution in [0.2, 0.25) is 0 Å². The Balaban J connectivity index is 2.22. The number of aliphatic hydroxyl groups is 1. The lowest BCUT2D eigenvalue weighted by molar-refractivity contribution is 0.0716. The minimum atomic E-state index is -0.0440. The molecule has 2 aliphatic rings. The summed E-state index contributed by atoms with van der Waals surface area (Å²) >= 11 is 0. The molecule has 0 radical (unpaired) electrons. The molecule has 62 valence electrons. The molecule has 2 bridgehead atoms. The SMILES string of the molecule is CC=CC12CCC(CC1O)C2. The molecule has 0 spiro atoms. The van der Waals surface area contributed by atoms with Gasteiger partial charge in [0.05, 0.1) is 6.10 Å². The van der Waals surface area contributed by atoms with E-state index in [1.807, 2.05) is 6.92 Å². The second-order valence-electron chi connectivity index (χ2n) is 4.09. The van der Waals surface area contributed by atoms with Gasteiger partial charge >= 0.3 is 0 Å². The molecule has 2 fully saturated rings. The van der Waals surface area contributed by atoms with Crippen LogP contribution in [0.1, 0.15) is 32.6 Å². The van der Waals surface area contributed by atoms with Crippen LogP contribution >= 0.6 is 0 Å². The van der Waals surface area contributed by atoms with Crippen molar-refractivity contribution in [2.45, 2.75) is 38.7 Å². The molecule has 3 unspecified atom stereocenters. The van der Waals surface area contributed by atoms with E-state index in [2.05, 4.69) is 12.2 Å². The third kappa shape index (κ3) is 0.943. The van der Waals surface area contributed by atoms with Gasteiger partial charge in [0.25, 0.3) is 0 Å². The number of allylic oxidation sites excluding steroid dienone is 1. The van der Waals surface area contributed by atoms with Crippen LogP contribution in [-0.4, -0.2) is 11.2 Å². The summed E-state index contributed by atoms with van der Waals surface area (Å²) in [5, 5.41) is 9.75. The molecule has 2 rings (SSSR count). The van der Waals surface area contributed by atoms with Gasteiger partial charge in [-0.1, -0.05) is 12.2 Å². The molecule has 2 aliphatic carbocycles. The molecule has 1 N–H and O–H groups in total. The predicted molar refractivity (Wildman–Crippen MR) is 45.2 cm³/mol. The Kier molecular flexibility index (Phi) is 1.57. The van der Waals surface area contributed by atoms with Crippen molar-refractivity contribution in [3.63, 3.8) is 0 Å². The van der Waals surface area contributed by atoms with E-state index in [0.717, 1.165) is 12.3 Å². The Morgan fingerprint density at radius 3 is 2.82 bits per heavy atom. The van der Waals surface area contributed by atoms with Gasteiger partial charge < -0.3 is 5.11 Å². The molecule has 0 amide bonds. The molecule has 1 heteroatoms. The van der Waals surface area contributed by atoms with Crippen molar-refractivity contribution in [1.29, 1.82) is 0 Å². The summed E-state index contributed by atoms with van der Waals surface area (Å²) in [5.74, 6) is 0.821. The van der Waals surface area contributed by atoms with Crippen LogP contribution in [0, 0.1) is 11.3 Å². The molecule has 3 atom stereocenters. The van der Waals surface area contributed by atoms with Crippen molar-refractivity contribution in [3.8, 4) is 0 Å². The fourth-order valence-electron chi connectivity index (χ4n) is 2.86. The molecule has 0 aromatic rings. The highest BCUT2D eigenvalue weighted by Crippen LogP contribution is 2.54. The Morgan fingerprint density at radius 1 is 1.55 bits per heavy atom. The molecule has 11 heavy (non-hydrogen) atoms. The van der Waals surface area contributed by atoms with Crippen LogP contribution in [0.25, 0.3) is 0 Å². The summed E-state index contributed by atoms with van der Waals surface area (Å²) in [6, 6.07) is 0. The summed E-state index contributed by atoms with van der Waals surface area (Å²) in [7, 11) is 0. The molecule has 1 nitrogen and oxygen atoms in total. The minimum absolute atomic E-state index is 0.0440. The largest absolute Gasteiger partial charge is 0.392 e. The molecule has 0 aromatic heterocycles. The van der Waals surface area contributed by atoms with E-state index in [-0.39, 0.29) is 11.5 Å². The highest BCUT2D eigenvalue weighted by molar-refractivity contribution is 5.12. The zero-order chi connectivity index (χ0) is 7.90. The molecular weight excluding hydrogens is 136 g/mol. The first kappa shape index (κ1) is 7.35. The van der Waals surface area contributed by atoms with Crippen molar-refractivity contribution in [1.82, 2.24) is 0 Å². The summed E-state index contributed by atoms with van der Waals surface area (Å²) in [4.78, 5) is 0. The smallest absolute Gasteiger partial charge is 0.0633 e. The summed E-state index contributed by atoms with van der Waals surface area (Å²) < 4.78 is 0. The number of aliphatic hydroxyl groups excluding tert-OH is 1. The average molecular weight is 152 g/mol. The van der Waals surface area contributed by atoms with E-state index >= 15 is 0 Å². The fraction of sp³-hybridized carbons (Fsp3) is 0.800. The Labute approximate surface area is 68.1 Å². The van der Waals surface area contributed by atoms with Crippen LogP contribution in [0.5, 0.6) is 0 Å². The maximum atomic E-state index is 9.75. The van der Waals surface area contributed by atoms with Gasteiger partial charge in [0.2, 0.25) is 0 Å². The van der Waals surface area contributed by atoms with Crippen molar-refractivity contribution in [3.05, 3.63) is 12.2 Å². The Bertz CT molecular complexity index is 185. The fourth-order valence-corrected chi connectivity index (χ4v) is 2.86. The highest BCUT2D eigenvalue weighted by Gasteiger charge is 2.49. The van der Waals surface area contributed by atoms with Crippen LogP contribution in [-0.2, 0) is 0 Å². The second-order valence-corrected chi connectivity index (χ2v) is 4.09. The third-order valence-electron chi connectivity index (χ3n) is 3.41. The molecule has 0 saturated heterocycles. The highest BCUT2D eigenvalue weighted by atomic mass is 16.3. The first-order valence-electron chi connectivity index (χ1n) is 4.59. The molecule has 0 heterocycles. The van der Waals surface area contributed by atoms with E-state index in [0.29, 0.717) is 0 Å². The topological polar surface area (TPSA) is 20.2 Å². The Hall–Kier alpha value is -0.300. The maximum Gasteiger partial charge on any atom is 0.0633 e. The summed E-state index contributed by atoms with van der Waals surface area (Å²) in [5.41, 5.74) is 0.194. The lowest BCUT2D eigenvalue weighted by atomic mass is 9.81. The van der Waals surface area contributed by atoms with E-state index in [9.17, 15) is 5.11 Å². The van der Waals surface area contributed by atoms with E-state index in [4.69, 9.17) is 0 Å². The standard InChI is InChI=1S/C10H16O/c1-2-4-10-5-3-8(7-10)6-9(10)11/h2,4,8-9,11H,3,5-7H2,1H3. The minimum Gasteiger partial charge on any atom is -0.392 e. The zero-order valence-corrected chi connectivity index (χ0v) is 7.09. The lowest BCUT2D eigenvalue weighted by Crippen LogP contribution is -2.27. The first-order valence-corrected chi connectivity index (χ1v) is 4.59. The maximum absolute atomic E-state index is 9.75. The molecule has 2 saturated carbocycles. The van der Waals surface area contributed by atoms with Crippen molar-refractivity contribution in [2.24, 2.45) is 11.3 Å². The third-order valence-corrected chi connectivity index (χ3v) is 3.41. The van der Waals surface area contributed by atoms with E-state index in [1.54, 1.807) is 0 Å². The van der Waals surface area contributed by atoms with Crippen LogP contribution in [0.3, 0.4) is 0 Å². The predicted octanol–water partition coefficient (Wildman–Crippen LogP) is 2.11.